The summed E-state index contributed by atoms with van der Waals surface area (Å²) < 4.78 is 16.0. The van der Waals surface area contributed by atoms with Gasteiger partial charge in [-0.05, 0) is 60.7 Å². The summed E-state index contributed by atoms with van der Waals surface area (Å²) >= 11 is 0. The number of fused-ring (bicyclic) bond motifs is 1. The lowest BCUT2D eigenvalue weighted by molar-refractivity contribution is 0.0997. The second-order valence-corrected chi connectivity index (χ2v) is 6.70. The van der Waals surface area contributed by atoms with Crippen molar-refractivity contribution in [3.05, 3.63) is 84.1 Å². The zero-order valence-electron chi connectivity index (χ0n) is 17.0. The van der Waals surface area contributed by atoms with Gasteiger partial charge in [-0.15, -0.1) is 0 Å². The quantitative estimate of drug-likeness (QED) is 0.464. The van der Waals surface area contributed by atoms with Crippen molar-refractivity contribution in [2.24, 2.45) is 0 Å². The smallest absolute Gasteiger partial charge is 0.291 e. The van der Waals surface area contributed by atoms with Crippen LogP contribution < -0.4 is 20.1 Å². The average molecular weight is 416 g/mol. The van der Waals surface area contributed by atoms with Gasteiger partial charge >= 0.3 is 0 Å². The Hall–Kier alpha value is -4.26. The van der Waals surface area contributed by atoms with Gasteiger partial charge in [0.2, 0.25) is 0 Å². The number of hydrogen-bond donors (Lipinski definition) is 2. The molecule has 31 heavy (non-hydrogen) atoms. The van der Waals surface area contributed by atoms with E-state index in [2.05, 4.69) is 10.6 Å². The number of ether oxygens (including phenoxy) is 2. The van der Waals surface area contributed by atoms with Gasteiger partial charge in [0.25, 0.3) is 11.8 Å². The van der Waals surface area contributed by atoms with Crippen LogP contribution in [0.15, 0.2) is 77.2 Å². The fourth-order valence-electron chi connectivity index (χ4n) is 3.08. The molecule has 2 amide bonds. The lowest BCUT2D eigenvalue weighted by Gasteiger charge is -2.08. The van der Waals surface area contributed by atoms with E-state index in [-0.39, 0.29) is 11.7 Å². The summed E-state index contributed by atoms with van der Waals surface area (Å²) in [6.45, 7) is 0. The van der Waals surface area contributed by atoms with Crippen LogP contribution in [0.3, 0.4) is 0 Å². The number of methoxy groups -OCH3 is 2. The maximum atomic E-state index is 12.6. The average Bonchev–Trinajstić information content (AvgIpc) is 3.25. The molecule has 1 heterocycles. The number of para-hydroxylation sites is 1. The monoisotopic (exact) mass is 416 g/mol. The molecule has 7 heteroatoms. The number of anilines is 2. The third kappa shape index (κ3) is 4.35. The molecule has 0 fully saturated rings. The SMILES string of the molecule is COc1ccc(NC(=O)c2ccc(NC(=O)c3cc4cccc(OC)c4o3)cc2)cc1. The Morgan fingerprint density at radius 3 is 2.06 bits per heavy atom. The van der Waals surface area contributed by atoms with Crippen LogP contribution in [0.25, 0.3) is 11.0 Å². The summed E-state index contributed by atoms with van der Waals surface area (Å²) in [5, 5.41) is 6.35. The Labute approximate surface area is 178 Å². The number of nitrogens with one attached hydrogen (secondary N) is 2. The van der Waals surface area contributed by atoms with Crippen molar-refractivity contribution in [1.82, 2.24) is 0 Å². The molecule has 3 aromatic carbocycles. The van der Waals surface area contributed by atoms with Gasteiger partial charge in [-0.1, -0.05) is 12.1 Å². The van der Waals surface area contributed by atoms with Gasteiger partial charge in [-0.25, -0.2) is 0 Å². The van der Waals surface area contributed by atoms with E-state index in [1.54, 1.807) is 74.9 Å². The highest BCUT2D eigenvalue weighted by Crippen LogP contribution is 2.28. The Morgan fingerprint density at radius 2 is 1.42 bits per heavy atom. The fourth-order valence-corrected chi connectivity index (χ4v) is 3.08. The molecule has 0 saturated carbocycles. The molecule has 1 aromatic heterocycles. The number of benzene rings is 3. The minimum atomic E-state index is -0.395. The van der Waals surface area contributed by atoms with Crippen molar-refractivity contribution in [2.45, 2.75) is 0 Å². The summed E-state index contributed by atoms with van der Waals surface area (Å²) in [7, 11) is 3.13. The molecule has 0 saturated heterocycles. The van der Waals surface area contributed by atoms with Crippen LogP contribution in [0.1, 0.15) is 20.9 Å². The summed E-state index contributed by atoms with van der Waals surface area (Å²) in [5.41, 5.74) is 2.17. The summed E-state index contributed by atoms with van der Waals surface area (Å²) in [6.07, 6.45) is 0. The molecule has 0 aliphatic carbocycles. The highest BCUT2D eigenvalue weighted by Gasteiger charge is 2.15. The number of hydrogen-bond acceptors (Lipinski definition) is 5. The van der Waals surface area contributed by atoms with Gasteiger partial charge in [0.05, 0.1) is 14.2 Å². The maximum absolute atomic E-state index is 12.6. The van der Waals surface area contributed by atoms with Crippen LogP contribution in [-0.2, 0) is 0 Å². The van der Waals surface area contributed by atoms with Crippen molar-refractivity contribution < 1.29 is 23.5 Å². The Morgan fingerprint density at radius 1 is 0.774 bits per heavy atom. The molecular formula is C24H20N2O5. The lowest BCUT2D eigenvalue weighted by Crippen LogP contribution is -2.13. The fraction of sp³-hybridized carbons (Fsp3) is 0.0833. The van der Waals surface area contributed by atoms with E-state index in [1.165, 1.54) is 0 Å². The molecule has 156 valence electrons. The molecule has 2 N–H and O–H groups in total. The van der Waals surface area contributed by atoms with E-state index in [0.29, 0.717) is 34.0 Å². The lowest BCUT2D eigenvalue weighted by atomic mass is 10.2. The summed E-state index contributed by atoms with van der Waals surface area (Å²) in [5.74, 6) is 0.784. The second kappa shape index (κ2) is 8.62. The van der Waals surface area contributed by atoms with E-state index in [1.807, 2.05) is 12.1 Å². The van der Waals surface area contributed by atoms with Crippen molar-refractivity contribution in [2.75, 3.05) is 24.9 Å². The molecule has 4 aromatic rings. The standard InChI is InChI=1S/C24H20N2O5/c1-29-19-12-10-18(11-13-19)25-23(27)15-6-8-17(9-7-15)26-24(28)21-14-16-4-3-5-20(30-2)22(16)31-21/h3-14H,1-2H3,(H,25,27)(H,26,28). The zero-order valence-corrected chi connectivity index (χ0v) is 17.0. The molecule has 0 unspecified atom stereocenters. The van der Waals surface area contributed by atoms with Crippen LogP contribution in [-0.4, -0.2) is 26.0 Å². The first-order valence-electron chi connectivity index (χ1n) is 9.51. The number of amides is 2. The molecule has 0 atom stereocenters. The molecule has 0 bridgehead atoms. The molecule has 0 radical (unpaired) electrons. The Kier molecular flexibility index (Phi) is 5.57. The van der Waals surface area contributed by atoms with Crippen molar-refractivity contribution in [3.8, 4) is 11.5 Å². The molecule has 0 spiro atoms. The van der Waals surface area contributed by atoms with Gasteiger partial charge in [-0.3, -0.25) is 9.59 Å². The molecular weight excluding hydrogens is 396 g/mol. The van der Waals surface area contributed by atoms with E-state index >= 15 is 0 Å². The summed E-state index contributed by atoms with van der Waals surface area (Å²) in [4.78, 5) is 25.0. The molecule has 4 rings (SSSR count). The highest BCUT2D eigenvalue weighted by molar-refractivity contribution is 6.06. The molecule has 7 nitrogen and oxygen atoms in total. The normalized spacial score (nSPS) is 10.5. The van der Waals surface area contributed by atoms with E-state index < -0.39 is 5.91 Å². The third-order valence-corrected chi connectivity index (χ3v) is 4.70. The zero-order chi connectivity index (χ0) is 21.8. The third-order valence-electron chi connectivity index (χ3n) is 4.70. The largest absolute Gasteiger partial charge is 0.497 e. The number of carbonyl (C=O) groups is 2. The first-order valence-corrected chi connectivity index (χ1v) is 9.51. The topological polar surface area (TPSA) is 89.8 Å². The Bertz CT molecular complexity index is 1230. The predicted octanol–water partition coefficient (Wildman–Crippen LogP) is 4.95. The van der Waals surface area contributed by atoms with Gasteiger partial charge in [-0.2, -0.15) is 0 Å². The Balaban J connectivity index is 1.43. The van der Waals surface area contributed by atoms with Crippen molar-refractivity contribution in [1.29, 1.82) is 0 Å². The first kappa shape index (κ1) is 20.0. The van der Waals surface area contributed by atoms with Crippen LogP contribution in [0.4, 0.5) is 11.4 Å². The van der Waals surface area contributed by atoms with Gasteiger partial charge in [0, 0.05) is 22.3 Å². The van der Waals surface area contributed by atoms with Gasteiger partial charge < -0.3 is 24.5 Å². The molecule has 0 aliphatic heterocycles. The highest BCUT2D eigenvalue weighted by atomic mass is 16.5. The van der Waals surface area contributed by atoms with Crippen LogP contribution >= 0.6 is 0 Å². The maximum Gasteiger partial charge on any atom is 0.291 e. The number of rotatable bonds is 6. The van der Waals surface area contributed by atoms with Gasteiger partial charge in [0.1, 0.15) is 5.75 Å². The molecule has 0 aliphatic rings. The van der Waals surface area contributed by atoms with E-state index in [4.69, 9.17) is 13.9 Å². The first-order chi connectivity index (χ1) is 15.1. The minimum absolute atomic E-state index is 0.167. The van der Waals surface area contributed by atoms with Crippen LogP contribution in [0.5, 0.6) is 11.5 Å². The van der Waals surface area contributed by atoms with Gasteiger partial charge in [0.15, 0.2) is 17.1 Å². The minimum Gasteiger partial charge on any atom is -0.497 e. The van der Waals surface area contributed by atoms with Crippen LogP contribution in [0, 0.1) is 0 Å². The van der Waals surface area contributed by atoms with Crippen LogP contribution in [0.2, 0.25) is 0 Å². The van der Waals surface area contributed by atoms with E-state index in [0.717, 1.165) is 5.39 Å². The second-order valence-electron chi connectivity index (χ2n) is 6.70. The number of furan rings is 1. The van der Waals surface area contributed by atoms with Crippen molar-refractivity contribution in [3.63, 3.8) is 0 Å². The predicted molar refractivity (Wildman–Crippen MR) is 118 cm³/mol. The summed E-state index contributed by atoms with van der Waals surface area (Å²) in [6, 6.07) is 20.7. The van der Waals surface area contributed by atoms with Crippen molar-refractivity contribution >= 4 is 34.2 Å². The van der Waals surface area contributed by atoms with E-state index in [9.17, 15) is 9.59 Å². The number of carbonyl (C=O) groups excluding carboxylic acids is 2.